The molecule has 0 spiro atoms. The van der Waals surface area contributed by atoms with Crippen LogP contribution in [0.15, 0.2) is 24.3 Å². The number of ether oxygens (including phenoxy) is 1. The first-order valence-electron chi connectivity index (χ1n) is 6.92. The van der Waals surface area contributed by atoms with Gasteiger partial charge < -0.3 is 10.5 Å². The SMILES string of the molecule is COC(C)(C)CCC(N)C1CCc2ccccc21. The summed E-state index contributed by atoms with van der Waals surface area (Å²) in [6.45, 7) is 4.25. The molecule has 0 aliphatic heterocycles. The van der Waals surface area contributed by atoms with Crippen LogP contribution in [-0.2, 0) is 11.2 Å². The normalized spacial score (nSPS) is 20.8. The Morgan fingerprint density at radius 2 is 2.11 bits per heavy atom. The van der Waals surface area contributed by atoms with Crippen LogP contribution in [0.25, 0.3) is 0 Å². The molecule has 1 aliphatic rings. The van der Waals surface area contributed by atoms with E-state index in [0.717, 1.165) is 12.8 Å². The van der Waals surface area contributed by atoms with Crippen LogP contribution in [0.1, 0.15) is 50.2 Å². The zero-order chi connectivity index (χ0) is 13.2. The molecule has 18 heavy (non-hydrogen) atoms. The summed E-state index contributed by atoms with van der Waals surface area (Å²) in [7, 11) is 1.77. The largest absolute Gasteiger partial charge is 0.379 e. The van der Waals surface area contributed by atoms with Crippen molar-refractivity contribution in [3.8, 4) is 0 Å². The van der Waals surface area contributed by atoms with E-state index in [-0.39, 0.29) is 11.6 Å². The Morgan fingerprint density at radius 3 is 2.83 bits per heavy atom. The van der Waals surface area contributed by atoms with Gasteiger partial charge in [-0.05, 0) is 56.6 Å². The number of aryl methyl sites for hydroxylation is 1. The highest BCUT2D eigenvalue weighted by Crippen LogP contribution is 2.36. The molecule has 2 atom stereocenters. The van der Waals surface area contributed by atoms with Crippen molar-refractivity contribution in [3.63, 3.8) is 0 Å². The van der Waals surface area contributed by atoms with Crippen molar-refractivity contribution < 1.29 is 4.74 Å². The third kappa shape index (κ3) is 2.93. The van der Waals surface area contributed by atoms with Gasteiger partial charge in [-0.25, -0.2) is 0 Å². The van der Waals surface area contributed by atoms with Crippen molar-refractivity contribution in [1.82, 2.24) is 0 Å². The van der Waals surface area contributed by atoms with Gasteiger partial charge in [-0.15, -0.1) is 0 Å². The van der Waals surface area contributed by atoms with E-state index in [4.69, 9.17) is 10.5 Å². The van der Waals surface area contributed by atoms with Crippen molar-refractivity contribution in [2.45, 2.75) is 57.1 Å². The zero-order valence-electron chi connectivity index (χ0n) is 11.8. The van der Waals surface area contributed by atoms with Gasteiger partial charge in [-0.3, -0.25) is 0 Å². The Labute approximate surface area is 111 Å². The summed E-state index contributed by atoms with van der Waals surface area (Å²) in [4.78, 5) is 0. The predicted octanol–water partition coefficient (Wildman–Crippen LogP) is 3.25. The van der Waals surface area contributed by atoms with Crippen molar-refractivity contribution in [1.29, 1.82) is 0 Å². The van der Waals surface area contributed by atoms with E-state index in [1.807, 2.05) is 0 Å². The summed E-state index contributed by atoms with van der Waals surface area (Å²) in [5.74, 6) is 0.536. The molecule has 0 amide bonds. The number of methoxy groups -OCH3 is 1. The minimum Gasteiger partial charge on any atom is -0.379 e. The van der Waals surface area contributed by atoms with Crippen molar-refractivity contribution in [2.24, 2.45) is 5.73 Å². The van der Waals surface area contributed by atoms with Crippen LogP contribution >= 0.6 is 0 Å². The minimum absolute atomic E-state index is 0.0598. The molecule has 0 radical (unpaired) electrons. The third-order valence-electron chi connectivity index (χ3n) is 4.33. The van der Waals surface area contributed by atoms with Crippen molar-refractivity contribution in [3.05, 3.63) is 35.4 Å². The fourth-order valence-electron chi connectivity index (χ4n) is 2.85. The second kappa shape index (κ2) is 5.41. The van der Waals surface area contributed by atoms with E-state index >= 15 is 0 Å². The fraction of sp³-hybridized carbons (Fsp3) is 0.625. The van der Waals surface area contributed by atoms with E-state index < -0.39 is 0 Å². The number of fused-ring (bicyclic) bond motifs is 1. The average Bonchev–Trinajstić information content (AvgIpc) is 2.80. The standard InChI is InChI=1S/C16H25NO/c1-16(2,18-3)11-10-15(17)14-9-8-12-6-4-5-7-13(12)14/h4-7,14-15H,8-11,17H2,1-3H3. The highest BCUT2D eigenvalue weighted by Gasteiger charge is 2.28. The fourth-order valence-corrected chi connectivity index (χ4v) is 2.85. The Hall–Kier alpha value is -0.860. The molecule has 2 N–H and O–H groups in total. The molecule has 1 aromatic carbocycles. The van der Waals surface area contributed by atoms with Gasteiger partial charge in [-0.2, -0.15) is 0 Å². The van der Waals surface area contributed by atoms with Gasteiger partial charge >= 0.3 is 0 Å². The molecule has 0 fully saturated rings. The molecule has 1 aromatic rings. The van der Waals surface area contributed by atoms with Crippen molar-refractivity contribution in [2.75, 3.05) is 7.11 Å². The minimum atomic E-state index is -0.0598. The molecule has 0 saturated carbocycles. The maximum atomic E-state index is 6.40. The number of benzene rings is 1. The summed E-state index contributed by atoms with van der Waals surface area (Å²) in [6, 6.07) is 8.99. The highest BCUT2D eigenvalue weighted by atomic mass is 16.5. The zero-order valence-corrected chi connectivity index (χ0v) is 11.8. The quantitative estimate of drug-likeness (QED) is 0.867. The summed E-state index contributed by atoms with van der Waals surface area (Å²) in [6.07, 6.45) is 4.43. The van der Waals surface area contributed by atoms with E-state index in [1.54, 1.807) is 7.11 Å². The lowest BCUT2D eigenvalue weighted by Crippen LogP contribution is -2.31. The Balaban J connectivity index is 1.97. The first kappa shape index (κ1) is 13.6. The van der Waals surface area contributed by atoms with Gasteiger partial charge in [0.05, 0.1) is 5.60 Å². The van der Waals surface area contributed by atoms with E-state index in [2.05, 4.69) is 38.1 Å². The number of nitrogens with two attached hydrogens (primary N) is 1. The molecule has 2 nitrogen and oxygen atoms in total. The topological polar surface area (TPSA) is 35.2 Å². The molecule has 0 aromatic heterocycles. The first-order valence-corrected chi connectivity index (χ1v) is 6.92. The van der Waals surface area contributed by atoms with E-state index in [9.17, 15) is 0 Å². The molecule has 2 heteroatoms. The van der Waals surface area contributed by atoms with Gasteiger partial charge in [0.1, 0.15) is 0 Å². The number of rotatable bonds is 5. The highest BCUT2D eigenvalue weighted by molar-refractivity contribution is 5.35. The Kier molecular flexibility index (Phi) is 4.08. The maximum absolute atomic E-state index is 6.40. The van der Waals surface area contributed by atoms with Gasteiger partial charge in [-0.1, -0.05) is 24.3 Å². The predicted molar refractivity (Wildman–Crippen MR) is 75.8 cm³/mol. The molecule has 0 saturated heterocycles. The van der Waals surface area contributed by atoms with Crippen molar-refractivity contribution >= 4 is 0 Å². The van der Waals surface area contributed by atoms with Gasteiger partial charge in [0, 0.05) is 13.2 Å². The van der Waals surface area contributed by atoms with Crippen LogP contribution in [0.2, 0.25) is 0 Å². The molecule has 2 unspecified atom stereocenters. The number of hydrogen-bond acceptors (Lipinski definition) is 2. The van der Waals surface area contributed by atoms with Crippen LogP contribution in [-0.4, -0.2) is 18.8 Å². The maximum Gasteiger partial charge on any atom is 0.0623 e. The van der Waals surface area contributed by atoms with Crippen LogP contribution in [0, 0.1) is 0 Å². The second-order valence-electron chi connectivity index (χ2n) is 6.01. The van der Waals surface area contributed by atoms with Gasteiger partial charge in [0.15, 0.2) is 0 Å². The Morgan fingerprint density at radius 1 is 1.39 bits per heavy atom. The summed E-state index contributed by atoms with van der Waals surface area (Å²) in [5, 5.41) is 0. The average molecular weight is 247 g/mol. The first-order chi connectivity index (χ1) is 8.53. The lowest BCUT2D eigenvalue weighted by Gasteiger charge is -2.27. The molecule has 100 valence electrons. The third-order valence-corrected chi connectivity index (χ3v) is 4.33. The van der Waals surface area contributed by atoms with Crippen LogP contribution in [0.3, 0.4) is 0 Å². The molecular weight excluding hydrogens is 222 g/mol. The smallest absolute Gasteiger partial charge is 0.0623 e. The lowest BCUT2D eigenvalue weighted by molar-refractivity contribution is 0.0120. The van der Waals surface area contributed by atoms with E-state index in [1.165, 1.54) is 24.0 Å². The van der Waals surface area contributed by atoms with Crippen LogP contribution in [0.5, 0.6) is 0 Å². The van der Waals surface area contributed by atoms with E-state index in [0.29, 0.717) is 5.92 Å². The molecular formula is C16H25NO. The second-order valence-corrected chi connectivity index (χ2v) is 6.01. The molecule has 0 heterocycles. The van der Waals surface area contributed by atoms with Crippen LogP contribution in [0.4, 0.5) is 0 Å². The monoisotopic (exact) mass is 247 g/mol. The molecule has 1 aliphatic carbocycles. The van der Waals surface area contributed by atoms with Gasteiger partial charge in [0.25, 0.3) is 0 Å². The summed E-state index contributed by atoms with van der Waals surface area (Å²) in [5.41, 5.74) is 9.30. The molecule has 2 rings (SSSR count). The summed E-state index contributed by atoms with van der Waals surface area (Å²) >= 11 is 0. The Bertz CT molecular complexity index is 400. The lowest BCUT2D eigenvalue weighted by atomic mass is 9.88. The molecule has 0 bridgehead atoms. The van der Waals surface area contributed by atoms with Crippen LogP contribution < -0.4 is 5.73 Å². The summed E-state index contributed by atoms with van der Waals surface area (Å²) < 4.78 is 5.46. The number of hydrogen-bond donors (Lipinski definition) is 1. The van der Waals surface area contributed by atoms with Gasteiger partial charge in [0.2, 0.25) is 0 Å².